The topological polar surface area (TPSA) is 110 Å². The normalized spacial score (nSPS) is 9.84. The molecule has 0 bridgehead atoms. The lowest BCUT2D eigenvalue weighted by Gasteiger charge is -2.07. The van der Waals surface area contributed by atoms with Gasteiger partial charge in [-0.15, -0.1) is 0 Å². The van der Waals surface area contributed by atoms with E-state index in [0.717, 1.165) is 20.3 Å². The third kappa shape index (κ3) is 2.49. The second-order valence-electron chi connectivity index (χ2n) is 3.62. The first-order valence-corrected chi connectivity index (χ1v) is 5.11. The number of esters is 2. The van der Waals surface area contributed by atoms with Crippen molar-refractivity contribution in [3.63, 3.8) is 0 Å². The van der Waals surface area contributed by atoms with Gasteiger partial charge in [-0.05, 0) is 18.6 Å². The maximum atomic E-state index is 11.7. The van der Waals surface area contributed by atoms with Crippen molar-refractivity contribution in [1.82, 2.24) is 0 Å². The molecule has 7 heteroatoms. The molecule has 0 atom stereocenters. The molecule has 0 aliphatic heterocycles. The van der Waals surface area contributed by atoms with Gasteiger partial charge in [-0.3, -0.25) is 4.79 Å². The lowest BCUT2D eigenvalue weighted by molar-refractivity contribution is 0.0551. The summed E-state index contributed by atoms with van der Waals surface area (Å²) in [4.78, 5) is 34.8. The van der Waals surface area contributed by atoms with E-state index in [0.29, 0.717) is 0 Å². The third-order valence-electron chi connectivity index (χ3n) is 2.47. The fraction of sp³-hybridized carbons (Fsp3) is 0.250. The van der Waals surface area contributed by atoms with Crippen LogP contribution in [0.4, 0.5) is 0 Å². The number of methoxy groups -OCH3 is 2. The van der Waals surface area contributed by atoms with E-state index >= 15 is 0 Å². The highest BCUT2D eigenvalue weighted by Crippen LogP contribution is 2.29. The van der Waals surface area contributed by atoms with Crippen LogP contribution in [0, 0.1) is 6.92 Å². The van der Waals surface area contributed by atoms with Crippen LogP contribution in [-0.2, 0) is 9.47 Å². The molecule has 0 fully saturated rings. The number of carbonyl (C=O) groups excluding carboxylic acids is 2. The zero-order chi connectivity index (χ0) is 14.7. The van der Waals surface area contributed by atoms with Gasteiger partial charge in [-0.25, -0.2) is 9.59 Å². The van der Waals surface area contributed by atoms with Gasteiger partial charge in [0.1, 0.15) is 5.56 Å². The second kappa shape index (κ2) is 5.38. The van der Waals surface area contributed by atoms with Gasteiger partial charge in [0.2, 0.25) is 11.2 Å². The molecular weight excluding hydrogens is 256 g/mol. The molecule has 0 amide bonds. The van der Waals surface area contributed by atoms with Gasteiger partial charge in [-0.1, -0.05) is 0 Å². The Morgan fingerprint density at radius 1 is 1.00 bits per heavy atom. The third-order valence-corrected chi connectivity index (χ3v) is 2.47. The predicted octanol–water partition coefficient (Wildman–Crippen LogP) is 0.340. The second-order valence-corrected chi connectivity index (χ2v) is 3.62. The largest absolute Gasteiger partial charge is 0.504 e. The maximum Gasteiger partial charge on any atom is 0.342 e. The molecule has 7 nitrogen and oxygen atoms in total. The number of ether oxygens (including phenoxy) is 2. The molecule has 0 spiro atoms. The average molecular weight is 268 g/mol. The number of rotatable bonds is 2. The Labute approximate surface area is 108 Å². The summed E-state index contributed by atoms with van der Waals surface area (Å²) in [5.74, 6) is -4.08. The summed E-state index contributed by atoms with van der Waals surface area (Å²) in [6.45, 7) is 1.36. The lowest BCUT2D eigenvalue weighted by Crippen LogP contribution is -2.12. The van der Waals surface area contributed by atoms with Crippen molar-refractivity contribution in [1.29, 1.82) is 0 Å². The lowest BCUT2D eigenvalue weighted by atomic mass is 10.1. The Morgan fingerprint density at radius 3 is 1.95 bits per heavy atom. The van der Waals surface area contributed by atoms with Gasteiger partial charge in [0.25, 0.3) is 0 Å². The highest BCUT2D eigenvalue weighted by molar-refractivity contribution is 6.06. The zero-order valence-corrected chi connectivity index (χ0v) is 10.5. The summed E-state index contributed by atoms with van der Waals surface area (Å²) < 4.78 is 8.91. The number of aromatic hydroxyl groups is 2. The van der Waals surface area contributed by atoms with Crippen LogP contribution in [0.3, 0.4) is 0 Å². The SMILES string of the molecule is COC(=O)c1c(C)cc(=O)c(O)c(O)c1C(=O)OC. The molecule has 0 saturated heterocycles. The molecule has 0 radical (unpaired) electrons. The first kappa shape index (κ1) is 14.5. The van der Waals surface area contributed by atoms with E-state index in [1.165, 1.54) is 6.92 Å². The van der Waals surface area contributed by atoms with Crippen molar-refractivity contribution in [2.24, 2.45) is 0 Å². The first-order chi connectivity index (χ1) is 8.84. The molecule has 0 aromatic heterocycles. The summed E-state index contributed by atoms with van der Waals surface area (Å²) in [7, 11) is 2.10. The van der Waals surface area contributed by atoms with Crippen molar-refractivity contribution in [2.45, 2.75) is 6.92 Å². The molecule has 0 aliphatic carbocycles. The highest BCUT2D eigenvalue weighted by Gasteiger charge is 2.27. The minimum atomic E-state index is -1.08. The fourth-order valence-corrected chi connectivity index (χ4v) is 1.55. The predicted molar refractivity (Wildman–Crippen MR) is 63.5 cm³/mol. The summed E-state index contributed by atoms with van der Waals surface area (Å²) in [6, 6.07) is 0.910. The minimum Gasteiger partial charge on any atom is -0.504 e. The molecule has 2 N–H and O–H groups in total. The maximum absolute atomic E-state index is 11.7. The van der Waals surface area contributed by atoms with E-state index in [1.807, 2.05) is 0 Å². The van der Waals surface area contributed by atoms with E-state index in [1.54, 1.807) is 0 Å². The van der Waals surface area contributed by atoms with Crippen molar-refractivity contribution in [2.75, 3.05) is 14.2 Å². The van der Waals surface area contributed by atoms with Crippen LogP contribution in [0.1, 0.15) is 26.3 Å². The van der Waals surface area contributed by atoms with E-state index in [9.17, 15) is 24.6 Å². The molecule has 0 unspecified atom stereocenters. The Morgan fingerprint density at radius 2 is 1.47 bits per heavy atom. The van der Waals surface area contributed by atoms with Gasteiger partial charge in [-0.2, -0.15) is 0 Å². The standard InChI is InChI=1S/C12H12O7/c1-5-4-6(13)9(14)10(15)8(12(17)19-3)7(5)11(16)18-2/h4H,1-3H3,(H2,13,14,15). The van der Waals surface area contributed by atoms with Crippen LogP contribution >= 0.6 is 0 Å². The van der Waals surface area contributed by atoms with Crippen LogP contribution in [-0.4, -0.2) is 36.4 Å². The van der Waals surface area contributed by atoms with E-state index in [-0.39, 0.29) is 11.1 Å². The van der Waals surface area contributed by atoms with Crippen LogP contribution in [0.5, 0.6) is 11.5 Å². The summed E-state index contributed by atoms with van der Waals surface area (Å²) >= 11 is 0. The Hall–Kier alpha value is -2.57. The van der Waals surface area contributed by atoms with Gasteiger partial charge in [0.15, 0.2) is 5.75 Å². The average Bonchev–Trinajstić information content (AvgIpc) is 2.47. The zero-order valence-electron chi connectivity index (χ0n) is 10.5. The van der Waals surface area contributed by atoms with Crippen LogP contribution in [0.15, 0.2) is 10.9 Å². The summed E-state index contributed by atoms with van der Waals surface area (Å²) in [5.41, 5.74) is -1.83. The Balaban J connectivity index is 3.94. The molecule has 19 heavy (non-hydrogen) atoms. The number of hydrogen-bond donors (Lipinski definition) is 2. The van der Waals surface area contributed by atoms with Gasteiger partial charge in [0.05, 0.1) is 19.8 Å². The molecule has 1 aromatic carbocycles. The molecule has 1 rings (SSSR count). The molecular formula is C12H12O7. The van der Waals surface area contributed by atoms with Crippen LogP contribution in [0.2, 0.25) is 0 Å². The number of hydrogen-bond acceptors (Lipinski definition) is 7. The highest BCUT2D eigenvalue weighted by atomic mass is 16.5. The van der Waals surface area contributed by atoms with Crippen molar-refractivity contribution in [3.8, 4) is 11.5 Å². The van der Waals surface area contributed by atoms with Crippen molar-refractivity contribution >= 4 is 11.9 Å². The molecule has 0 aliphatic rings. The molecule has 1 aromatic rings. The van der Waals surface area contributed by atoms with Crippen LogP contribution in [0.25, 0.3) is 0 Å². The molecule has 102 valence electrons. The van der Waals surface area contributed by atoms with E-state index in [2.05, 4.69) is 9.47 Å². The van der Waals surface area contributed by atoms with Gasteiger partial charge in [0, 0.05) is 0 Å². The number of carbonyl (C=O) groups is 2. The van der Waals surface area contributed by atoms with E-state index in [4.69, 9.17) is 0 Å². The van der Waals surface area contributed by atoms with Gasteiger partial charge >= 0.3 is 11.9 Å². The quantitative estimate of drug-likeness (QED) is 0.744. The summed E-state index contributed by atoms with van der Waals surface area (Å²) in [5, 5.41) is 19.2. The fourth-order valence-electron chi connectivity index (χ4n) is 1.55. The Bertz CT molecular complexity index is 604. The Kier molecular flexibility index (Phi) is 4.11. The van der Waals surface area contributed by atoms with Gasteiger partial charge < -0.3 is 19.7 Å². The minimum absolute atomic E-state index is 0.0628. The van der Waals surface area contributed by atoms with E-state index < -0.39 is 34.4 Å². The van der Waals surface area contributed by atoms with Crippen LogP contribution < -0.4 is 5.43 Å². The molecule has 0 saturated carbocycles. The monoisotopic (exact) mass is 268 g/mol. The first-order valence-electron chi connectivity index (χ1n) is 5.11. The smallest absolute Gasteiger partial charge is 0.342 e. The number of aryl methyl sites for hydroxylation is 1. The van der Waals surface area contributed by atoms with Crippen molar-refractivity contribution < 1.29 is 29.3 Å². The van der Waals surface area contributed by atoms with Crippen molar-refractivity contribution in [3.05, 3.63) is 33.0 Å². The molecule has 0 heterocycles. The summed E-state index contributed by atoms with van der Waals surface area (Å²) in [6.07, 6.45) is 0.